The highest BCUT2D eigenvalue weighted by atomic mass is 16.2. The first-order valence-electron chi connectivity index (χ1n) is 11.0. The zero-order valence-electron chi connectivity index (χ0n) is 18.2. The van der Waals surface area contributed by atoms with Gasteiger partial charge in [0.1, 0.15) is 5.82 Å². The monoisotopic (exact) mass is 436 g/mol. The van der Waals surface area contributed by atoms with Crippen molar-refractivity contribution < 1.29 is 9.59 Å². The van der Waals surface area contributed by atoms with Gasteiger partial charge in [-0.15, -0.1) is 0 Å². The first-order chi connectivity index (χ1) is 15.5. The molecule has 32 heavy (non-hydrogen) atoms. The predicted octanol–water partition coefficient (Wildman–Crippen LogP) is 1.95. The maximum atomic E-state index is 12.7. The van der Waals surface area contributed by atoms with Crippen molar-refractivity contribution in [3.63, 3.8) is 0 Å². The number of nitrogens with one attached hydrogen (secondary N) is 1. The SMILES string of the molecule is CCn1c(=O)n(CCC(=O)Nc2ccc(N3CCCC(C(N)=O)C3)nc2)c2ccccc21. The highest BCUT2D eigenvalue weighted by molar-refractivity contribution is 5.90. The first-order valence-corrected chi connectivity index (χ1v) is 11.0. The van der Waals surface area contributed by atoms with Crippen molar-refractivity contribution in [1.29, 1.82) is 0 Å². The summed E-state index contributed by atoms with van der Waals surface area (Å²) in [5.41, 5.74) is 7.63. The molecule has 0 aliphatic carbocycles. The summed E-state index contributed by atoms with van der Waals surface area (Å²) in [6.45, 7) is 4.19. The van der Waals surface area contributed by atoms with E-state index < -0.39 is 0 Å². The summed E-state index contributed by atoms with van der Waals surface area (Å²) < 4.78 is 3.35. The number of para-hydroxylation sites is 2. The minimum absolute atomic E-state index is 0.108. The number of nitrogens with zero attached hydrogens (tertiary/aromatic N) is 4. The van der Waals surface area contributed by atoms with Crippen molar-refractivity contribution in [2.24, 2.45) is 11.7 Å². The number of rotatable bonds is 7. The second-order valence-electron chi connectivity index (χ2n) is 8.06. The van der Waals surface area contributed by atoms with E-state index in [0.717, 1.165) is 36.2 Å². The maximum absolute atomic E-state index is 12.7. The molecule has 1 aliphatic rings. The van der Waals surface area contributed by atoms with Gasteiger partial charge in [-0.1, -0.05) is 12.1 Å². The van der Waals surface area contributed by atoms with Crippen molar-refractivity contribution in [2.45, 2.75) is 39.3 Å². The lowest BCUT2D eigenvalue weighted by molar-refractivity contribution is -0.122. The number of aromatic nitrogens is 3. The number of nitrogens with two attached hydrogens (primary N) is 1. The van der Waals surface area contributed by atoms with Crippen LogP contribution in [-0.2, 0) is 22.7 Å². The van der Waals surface area contributed by atoms with E-state index in [2.05, 4.69) is 10.3 Å². The molecular formula is C23H28N6O3. The Morgan fingerprint density at radius 2 is 1.91 bits per heavy atom. The summed E-state index contributed by atoms with van der Waals surface area (Å²) in [6.07, 6.45) is 3.48. The zero-order chi connectivity index (χ0) is 22.7. The van der Waals surface area contributed by atoms with Crippen LogP contribution < -0.4 is 21.6 Å². The van der Waals surface area contributed by atoms with Gasteiger partial charge in [0.2, 0.25) is 11.8 Å². The maximum Gasteiger partial charge on any atom is 0.329 e. The second-order valence-corrected chi connectivity index (χ2v) is 8.06. The van der Waals surface area contributed by atoms with Crippen molar-refractivity contribution in [2.75, 3.05) is 23.3 Å². The number of hydrogen-bond donors (Lipinski definition) is 2. The van der Waals surface area contributed by atoms with E-state index in [4.69, 9.17) is 5.73 Å². The van der Waals surface area contributed by atoms with Gasteiger partial charge in [0.25, 0.3) is 0 Å². The fraction of sp³-hybridized carbons (Fsp3) is 0.391. The van der Waals surface area contributed by atoms with E-state index in [0.29, 0.717) is 25.3 Å². The minimum Gasteiger partial charge on any atom is -0.369 e. The number of fused-ring (bicyclic) bond motifs is 1. The summed E-state index contributed by atoms with van der Waals surface area (Å²) in [5, 5.41) is 2.84. The molecular weight excluding hydrogens is 408 g/mol. The predicted molar refractivity (Wildman–Crippen MR) is 123 cm³/mol. The minimum atomic E-state index is -0.278. The van der Waals surface area contributed by atoms with E-state index in [9.17, 15) is 14.4 Å². The Morgan fingerprint density at radius 3 is 2.56 bits per heavy atom. The van der Waals surface area contributed by atoms with Gasteiger partial charge in [0, 0.05) is 32.6 Å². The summed E-state index contributed by atoms with van der Waals surface area (Å²) in [4.78, 5) is 43.2. The molecule has 3 heterocycles. The number of carbonyl (C=O) groups is 2. The normalized spacial score (nSPS) is 16.3. The van der Waals surface area contributed by atoms with Gasteiger partial charge in [-0.25, -0.2) is 9.78 Å². The van der Waals surface area contributed by atoms with Crippen LogP contribution >= 0.6 is 0 Å². The van der Waals surface area contributed by atoms with Crippen LogP contribution in [0.15, 0.2) is 47.4 Å². The molecule has 1 aromatic carbocycles. The summed E-state index contributed by atoms with van der Waals surface area (Å²) in [6, 6.07) is 11.2. The standard InChI is InChI=1S/C23H28N6O3/c1-2-28-18-7-3-4-8-19(18)29(23(28)32)13-11-21(30)26-17-9-10-20(25-14-17)27-12-5-6-16(15-27)22(24)31/h3-4,7-10,14,16H,2,5-6,11-13,15H2,1H3,(H2,24,31)(H,26,30). The average Bonchev–Trinajstić information content (AvgIpc) is 3.08. The van der Waals surface area contributed by atoms with Crippen molar-refractivity contribution in [1.82, 2.24) is 14.1 Å². The van der Waals surface area contributed by atoms with Crippen LogP contribution in [-0.4, -0.2) is 39.0 Å². The highest BCUT2D eigenvalue weighted by Crippen LogP contribution is 2.22. The molecule has 0 spiro atoms. The Kier molecular flexibility index (Phi) is 6.25. The molecule has 0 radical (unpaired) electrons. The van der Waals surface area contributed by atoms with E-state index in [1.165, 1.54) is 0 Å². The molecule has 2 amide bonds. The molecule has 1 atom stereocenters. The van der Waals surface area contributed by atoms with Crippen LogP contribution in [0.4, 0.5) is 11.5 Å². The average molecular weight is 437 g/mol. The van der Waals surface area contributed by atoms with Crippen molar-refractivity contribution in [3.05, 3.63) is 53.1 Å². The van der Waals surface area contributed by atoms with Gasteiger partial charge in [-0.3, -0.25) is 18.7 Å². The summed E-state index contributed by atoms with van der Waals surface area (Å²) in [7, 11) is 0. The molecule has 9 nitrogen and oxygen atoms in total. The molecule has 1 unspecified atom stereocenters. The lowest BCUT2D eigenvalue weighted by Gasteiger charge is -2.32. The van der Waals surface area contributed by atoms with Gasteiger partial charge in [0.15, 0.2) is 0 Å². The fourth-order valence-electron chi connectivity index (χ4n) is 4.30. The number of imidazole rings is 1. The molecule has 1 saturated heterocycles. The van der Waals surface area contributed by atoms with Crippen LogP contribution in [0.3, 0.4) is 0 Å². The van der Waals surface area contributed by atoms with Crippen LogP contribution in [0.1, 0.15) is 26.2 Å². The first kappa shape index (κ1) is 21.6. The van der Waals surface area contributed by atoms with Gasteiger partial charge in [-0.05, 0) is 44.0 Å². The Hall–Kier alpha value is -3.62. The Labute approximate surface area is 185 Å². The molecule has 9 heteroatoms. The van der Waals surface area contributed by atoms with Gasteiger partial charge >= 0.3 is 5.69 Å². The molecule has 3 aromatic rings. The van der Waals surface area contributed by atoms with E-state index in [-0.39, 0.29) is 29.8 Å². The number of amides is 2. The number of pyridine rings is 1. The molecule has 4 rings (SSSR count). The van der Waals surface area contributed by atoms with Crippen molar-refractivity contribution in [3.8, 4) is 0 Å². The topological polar surface area (TPSA) is 115 Å². The summed E-state index contributed by atoms with van der Waals surface area (Å²) >= 11 is 0. The van der Waals surface area contributed by atoms with Crippen LogP contribution in [0.25, 0.3) is 11.0 Å². The lowest BCUT2D eigenvalue weighted by atomic mass is 9.97. The molecule has 1 aliphatic heterocycles. The molecule has 168 valence electrons. The third-order valence-corrected chi connectivity index (χ3v) is 5.98. The smallest absolute Gasteiger partial charge is 0.329 e. The fourth-order valence-corrected chi connectivity index (χ4v) is 4.30. The quantitative estimate of drug-likeness (QED) is 0.587. The largest absolute Gasteiger partial charge is 0.369 e. The van der Waals surface area contributed by atoms with E-state index in [1.54, 1.807) is 21.4 Å². The van der Waals surface area contributed by atoms with Crippen LogP contribution in [0, 0.1) is 5.92 Å². The Balaban J connectivity index is 1.38. The number of benzene rings is 1. The third kappa shape index (κ3) is 4.37. The van der Waals surface area contributed by atoms with Gasteiger partial charge in [-0.2, -0.15) is 0 Å². The molecule has 3 N–H and O–H groups in total. The molecule has 1 fully saturated rings. The number of carbonyl (C=O) groups excluding carboxylic acids is 2. The van der Waals surface area contributed by atoms with Crippen LogP contribution in [0.2, 0.25) is 0 Å². The Bertz CT molecular complexity index is 1180. The number of anilines is 2. The second kappa shape index (κ2) is 9.25. The molecule has 0 saturated carbocycles. The van der Waals surface area contributed by atoms with Crippen LogP contribution in [0.5, 0.6) is 0 Å². The zero-order valence-corrected chi connectivity index (χ0v) is 18.2. The molecule has 2 aromatic heterocycles. The third-order valence-electron chi connectivity index (χ3n) is 5.98. The van der Waals surface area contributed by atoms with Crippen molar-refractivity contribution >= 4 is 34.4 Å². The lowest BCUT2D eigenvalue weighted by Crippen LogP contribution is -2.41. The molecule has 0 bridgehead atoms. The number of hydrogen-bond acceptors (Lipinski definition) is 5. The number of piperidine rings is 1. The van der Waals surface area contributed by atoms with Gasteiger partial charge in [0.05, 0.1) is 28.8 Å². The number of aryl methyl sites for hydroxylation is 2. The van der Waals surface area contributed by atoms with Gasteiger partial charge < -0.3 is 16.0 Å². The number of primary amides is 1. The van der Waals surface area contributed by atoms with E-state index in [1.807, 2.05) is 42.2 Å². The summed E-state index contributed by atoms with van der Waals surface area (Å²) in [5.74, 6) is 0.131. The highest BCUT2D eigenvalue weighted by Gasteiger charge is 2.24. The van der Waals surface area contributed by atoms with E-state index >= 15 is 0 Å². The Morgan fingerprint density at radius 1 is 1.16 bits per heavy atom.